The lowest BCUT2D eigenvalue weighted by atomic mass is 9.95. The van der Waals surface area contributed by atoms with Crippen molar-refractivity contribution in [3.63, 3.8) is 0 Å². The van der Waals surface area contributed by atoms with E-state index in [0.29, 0.717) is 0 Å². The Labute approximate surface area is 89.8 Å². The molecule has 2 aliphatic rings. The summed E-state index contributed by atoms with van der Waals surface area (Å²) in [4.78, 5) is 9.12. The van der Waals surface area contributed by atoms with Gasteiger partial charge < -0.3 is 15.8 Å². The summed E-state index contributed by atoms with van der Waals surface area (Å²) in [5.74, 6) is -2.26. The third-order valence-corrected chi connectivity index (χ3v) is 1.50. The van der Waals surface area contributed by atoms with Gasteiger partial charge in [-0.2, -0.15) is 13.2 Å². The van der Waals surface area contributed by atoms with Gasteiger partial charge in [0, 0.05) is 0 Å². The summed E-state index contributed by atoms with van der Waals surface area (Å²) in [5.41, 5.74) is 6.66. The number of fused-ring (bicyclic) bond motifs is 1. The van der Waals surface area contributed by atoms with Gasteiger partial charge in [0.1, 0.15) is 0 Å². The molecule has 2 aliphatic carbocycles. The van der Waals surface area contributed by atoms with Crippen LogP contribution in [0.3, 0.4) is 0 Å². The van der Waals surface area contributed by atoms with Crippen LogP contribution in [0.25, 0.3) is 11.1 Å². The Morgan fingerprint density at radius 1 is 1.12 bits per heavy atom. The molecule has 88 valence electrons. The Balaban J connectivity index is 0.000000228. The molecule has 2 rings (SSSR count). The number of nitrogens with two attached hydrogens (primary N) is 1. The monoisotopic (exact) mass is 235 g/mol. The minimum atomic E-state index is -4.86. The highest BCUT2D eigenvalue weighted by molar-refractivity contribution is 6.13. The number of benzene rings is 1. The third kappa shape index (κ3) is 4.81. The van der Waals surface area contributed by atoms with Gasteiger partial charge in [0.25, 0.3) is 0 Å². The summed E-state index contributed by atoms with van der Waals surface area (Å²) in [5, 5.41) is 14.2. The minimum absolute atomic E-state index is 0.750. The number of alkyl halides is 3. The molecule has 0 fully saturated rings. The molecule has 0 aromatic rings. The lowest BCUT2D eigenvalue weighted by molar-refractivity contribution is -0.169. The van der Waals surface area contributed by atoms with E-state index < -0.39 is 19.8 Å². The molecule has 0 atom stereocenters. The van der Waals surface area contributed by atoms with Crippen molar-refractivity contribution in [3.8, 4) is 11.1 Å². The molecular formula is C8H9BF3NO3. The maximum atomic E-state index is 10.7. The number of carbonyl (C=O) groups excluding carboxylic acids is 1. The van der Waals surface area contributed by atoms with E-state index in [-0.39, 0.29) is 0 Å². The highest BCUT2D eigenvalue weighted by Crippen LogP contribution is 2.29. The molecule has 0 radical (unpaired) electrons. The zero-order valence-corrected chi connectivity index (χ0v) is 8.03. The van der Waals surface area contributed by atoms with Gasteiger partial charge in [-0.05, 0) is 11.1 Å². The number of primary amides is 1. The maximum absolute atomic E-state index is 10.7. The Morgan fingerprint density at radius 3 is 1.31 bits per heavy atom. The Kier molecular flexibility index (Phi) is 5.55. The number of halogens is 3. The van der Waals surface area contributed by atoms with Gasteiger partial charge in [0.05, 0.1) is 0 Å². The second-order valence-electron chi connectivity index (χ2n) is 2.58. The summed E-state index contributed by atoms with van der Waals surface area (Å²) in [6.07, 6.45) is -4.86. The molecule has 0 aliphatic heterocycles. The summed E-state index contributed by atoms with van der Waals surface area (Å²) in [7, 11) is -0.750. The molecule has 0 heterocycles. The van der Waals surface area contributed by atoms with E-state index in [0.717, 1.165) is 0 Å². The van der Waals surface area contributed by atoms with Gasteiger partial charge in [0.15, 0.2) is 0 Å². The standard InChI is InChI=1S/C6H4.C2H2F3NO.BH3O2/c1-2-6-4-3-5(1)6;3-2(4,5)1(6)7;2-1-3/h1-4H;(H2,6,7);1-3H. The van der Waals surface area contributed by atoms with Gasteiger partial charge in [-0.3, -0.25) is 4.79 Å². The molecule has 0 unspecified atom stereocenters. The van der Waals surface area contributed by atoms with E-state index in [1.807, 2.05) is 0 Å². The van der Waals surface area contributed by atoms with Crippen molar-refractivity contribution in [1.29, 1.82) is 0 Å². The second-order valence-corrected chi connectivity index (χ2v) is 2.58. The highest BCUT2D eigenvalue weighted by Gasteiger charge is 2.35. The normalized spacial score (nSPS) is 10.1. The lowest BCUT2D eigenvalue weighted by Crippen LogP contribution is -2.30. The van der Waals surface area contributed by atoms with Gasteiger partial charge in [0.2, 0.25) is 0 Å². The summed E-state index contributed by atoms with van der Waals surface area (Å²) < 4.78 is 32.1. The van der Waals surface area contributed by atoms with Crippen LogP contribution in [0, 0.1) is 0 Å². The first-order chi connectivity index (χ1) is 7.32. The molecule has 0 spiro atoms. The zero-order valence-electron chi connectivity index (χ0n) is 8.03. The van der Waals surface area contributed by atoms with Crippen LogP contribution < -0.4 is 5.73 Å². The molecule has 8 heteroatoms. The van der Waals surface area contributed by atoms with Crippen molar-refractivity contribution in [2.24, 2.45) is 5.73 Å². The fourth-order valence-electron chi connectivity index (χ4n) is 0.663. The van der Waals surface area contributed by atoms with Crippen LogP contribution in [-0.2, 0) is 4.79 Å². The SMILES string of the molecule is NC(=O)C(F)(F)F.OBO.c1cc2ccc1-2. The van der Waals surface area contributed by atoms with E-state index in [1.54, 1.807) is 0 Å². The number of hydrogen-bond donors (Lipinski definition) is 3. The van der Waals surface area contributed by atoms with Crippen LogP contribution in [-0.4, -0.2) is 29.8 Å². The average molecular weight is 235 g/mol. The zero-order chi connectivity index (χ0) is 12.8. The van der Waals surface area contributed by atoms with Crippen molar-refractivity contribution in [3.05, 3.63) is 24.3 Å². The van der Waals surface area contributed by atoms with E-state index in [2.05, 4.69) is 30.0 Å². The van der Waals surface area contributed by atoms with Crippen LogP contribution in [0.4, 0.5) is 13.2 Å². The Bertz CT molecular complexity index is 318. The Hall–Kier alpha value is -1.54. The molecule has 0 saturated carbocycles. The summed E-state index contributed by atoms with van der Waals surface area (Å²) in [6, 6.07) is 8.48. The lowest BCUT2D eigenvalue weighted by Gasteiger charge is -2.10. The van der Waals surface area contributed by atoms with Gasteiger partial charge in [-0.25, -0.2) is 0 Å². The van der Waals surface area contributed by atoms with Gasteiger partial charge >= 0.3 is 19.8 Å². The quantitative estimate of drug-likeness (QED) is 0.559. The fraction of sp³-hybridized carbons (Fsp3) is 0.125. The first-order valence-electron chi connectivity index (χ1n) is 4.01. The molecule has 16 heavy (non-hydrogen) atoms. The van der Waals surface area contributed by atoms with Crippen LogP contribution >= 0.6 is 0 Å². The predicted octanol–water partition coefficient (Wildman–Crippen LogP) is -0.0615. The first kappa shape index (κ1) is 14.5. The number of hydrogen-bond acceptors (Lipinski definition) is 3. The third-order valence-electron chi connectivity index (χ3n) is 1.50. The van der Waals surface area contributed by atoms with Gasteiger partial charge in [-0.15, -0.1) is 0 Å². The number of rotatable bonds is 0. The predicted molar refractivity (Wildman–Crippen MR) is 52.3 cm³/mol. The van der Waals surface area contributed by atoms with E-state index in [9.17, 15) is 13.2 Å². The molecule has 0 saturated heterocycles. The molecule has 0 aromatic heterocycles. The van der Waals surface area contributed by atoms with Crippen LogP contribution in [0.15, 0.2) is 24.3 Å². The van der Waals surface area contributed by atoms with E-state index in [1.165, 1.54) is 11.1 Å². The van der Waals surface area contributed by atoms with Crippen molar-refractivity contribution >= 4 is 13.6 Å². The second kappa shape index (κ2) is 6.14. The Morgan fingerprint density at radius 2 is 1.31 bits per heavy atom. The molecular weight excluding hydrogens is 226 g/mol. The fourth-order valence-corrected chi connectivity index (χ4v) is 0.663. The highest BCUT2D eigenvalue weighted by atomic mass is 19.4. The smallest absolute Gasteiger partial charge is 0.430 e. The summed E-state index contributed by atoms with van der Waals surface area (Å²) >= 11 is 0. The maximum Gasteiger partial charge on any atom is 0.470 e. The van der Waals surface area contributed by atoms with Crippen molar-refractivity contribution < 1.29 is 28.0 Å². The van der Waals surface area contributed by atoms with Gasteiger partial charge in [-0.1, -0.05) is 24.3 Å². The number of carbonyl (C=O) groups is 1. The van der Waals surface area contributed by atoms with Crippen molar-refractivity contribution in [2.75, 3.05) is 0 Å². The molecule has 4 nitrogen and oxygen atoms in total. The van der Waals surface area contributed by atoms with Crippen LogP contribution in [0.2, 0.25) is 0 Å². The average Bonchev–Trinajstić information content (AvgIpc) is 2.12. The first-order valence-corrected chi connectivity index (χ1v) is 4.01. The molecule has 1 amide bonds. The molecule has 4 N–H and O–H groups in total. The molecule has 0 bridgehead atoms. The van der Waals surface area contributed by atoms with E-state index >= 15 is 0 Å². The largest absolute Gasteiger partial charge is 0.470 e. The van der Waals surface area contributed by atoms with E-state index in [4.69, 9.17) is 14.8 Å². The molecule has 0 aromatic carbocycles. The van der Waals surface area contributed by atoms with Crippen molar-refractivity contribution in [1.82, 2.24) is 0 Å². The van der Waals surface area contributed by atoms with Crippen LogP contribution in [0.1, 0.15) is 0 Å². The number of amides is 1. The van der Waals surface area contributed by atoms with Crippen LogP contribution in [0.5, 0.6) is 0 Å². The van der Waals surface area contributed by atoms with Crippen molar-refractivity contribution in [2.45, 2.75) is 6.18 Å². The summed E-state index contributed by atoms with van der Waals surface area (Å²) in [6.45, 7) is 0. The minimum Gasteiger partial charge on any atom is -0.430 e. The topological polar surface area (TPSA) is 83.6 Å².